The fourth-order valence-corrected chi connectivity index (χ4v) is 4.86. The Morgan fingerprint density at radius 1 is 1.13 bits per heavy atom. The normalized spacial score (nSPS) is 20.1. The molecule has 1 N–H and O–H groups in total. The van der Waals surface area contributed by atoms with E-state index in [-0.39, 0.29) is 12.1 Å². The van der Waals surface area contributed by atoms with E-state index in [0.29, 0.717) is 19.1 Å². The molecule has 1 unspecified atom stereocenters. The van der Waals surface area contributed by atoms with Crippen molar-refractivity contribution in [1.82, 2.24) is 15.1 Å². The van der Waals surface area contributed by atoms with Crippen LogP contribution in [0.2, 0.25) is 5.02 Å². The fourth-order valence-electron chi connectivity index (χ4n) is 4.66. The molecule has 2 amide bonds. The van der Waals surface area contributed by atoms with Crippen LogP contribution in [-0.4, -0.2) is 54.7 Å². The third-order valence-electron chi connectivity index (χ3n) is 6.29. The summed E-state index contributed by atoms with van der Waals surface area (Å²) in [4.78, 5) is 16.8. The summed E-state index contributed by atoms with van der Waals surface area (Å²) in [6.07, 6.45) is 3.31. The first-order chi connectivity index (χ1) is 15.1. The summed E-state index contributed by atoms with van der Waals surface area (Å²) in [6.45, 7) is 7.17. The molecule has 6 heteroatoms. The Morgan fingerprint density at radius 3 is 2.65 bits per heavy atom. The Balaban J connectivity index is 1.23. The van der Waals surface area contributed by atoms with Crippen LogP contribution in [0.1, 0.15) is 30.9 Å². The molecule has 2 aromatic rings. The van der Waals surface area contributed by atoms with Crippen molar-refractivity contribution in [2.75, 3.05) is 32.8 Å². The quantitative estimate of drug-likeness (QED) is 0.651. The predicted molar refractivity (Wildman–Crippen MR) is 125 cm³/mol. The Bertz CT molecular complexity index is 868. The zero-order valence-corrected chi connectivity index (χ0v) is 19.0. The molecule has 0 aromatic heterocycles. The van der Waals surface area contributed by atoms with Crippen molar-refractivity contribution < 1.29 is 9.53 Å². The number of likely N-dealkylation sites (tertiary alicyclic amines) is 1. The Morgan fingerprint density at radius 2 is 1.90 bits per heavy atom. The number of nitrogens with zero attached hydrogens (tertiary/aromatic N) is 2. The van der Waals surface area contributed by atoms with Crippen LogP contribution in [0.25, 0.3) is 0 Å². The molecular weight excluding hydrogens is 410 g/mol. The summed E-state index contributed by atoms with van der Waals surface area (Å²) in [7, 11) is 0. The summed E-state index contributed by atoms with van der Waals surface area (Å²) in [6, 6.07) is 16.4. The fraction of sp³-hybridized carbons (Fsp3) is 0.480. The third-order valence-corrected chi connectivity index (χ3v) is 6.66. The highest BCUT2D eigenvalue weighted by molar-refractivity contribution is 6.31. The highest BCUT2D eigenvalue weighted by Crippen LogP contribution is 2.28. The van der Waals surface area contributed by atoms with E-state index in [1.165, 1.54) is 11.1 Å². The topological polar surface area (TPSA) is 44.8 Å². The first-order valence-corrected chi connectivity index (χ1v) is 11.7. The Hall–Kier alpha value is -2.24. The molecule has 0 aliphatic carbocycles. The van der Waals surface area contributed by atoms with Crippen LogP contribution < -0.4 is 10.1 Å². The number of hydrogen-bond acceptors (Lipinski definition) is 3. The maximum atomic E-state index is 12.4. The summed E-state index contributed by atoms with van der Waals surface area (Å²) >= 11 is 6.43. The number of rotatable bonds is 8. The molecule has 2 fully saturated rings. The maximum Gasteiger partial charge on any atom is 0.318 e. The monoisotopic (exact) mass is 441 g/mol. The zero-order chi connectivity index (χ0) is 21.6. The zero-order valence-electron chi connectivity index (χ0n) is 18.2. The van der Waals surface area contributed by atoms with Gasteiger partial charge in [-0.1, -0.05) is 41.9 Å². The van der Waals surface area contributed by atoms with Crippen molar-refractivity contribution in [1.29, 1.82) is 0 Å². The summed E-state index contributed by atoms with van der Waals surface area (Å²) in [5.41, 5.74) is 2.36. The van der Waals surface area contributed by atoms with Crippen molar-refractivity contribution in [3.63, 3.8) is 0 Å². The minimum atomic E-state index is 0.0487. The lowest BCUT2D eigenvalue weighted by Gasteiger charge is -2.33. The number of carbonyl (C=O) groups is 1. The van der Waals surface area contributed by atoms with Crippen LogP contribution in [0.5, 0.6) is 5.75 Å². The molecular formula is C25H32ClN3O2. The number of halogens is 1. The molecule has 5 nitrogen and oxygen atoms in total. The van der Waals surface area contributed by atoms with Crippen LogP contribution in [0.4, 0.5) is 4.79 Å². The van der Waals surface area contributed by atoms with Gasteiger partial charge in [0, 0.05) is 24.7 Å². The molecule has 2 saturated heterocycles. The van der Waals surface area contributed by atoms with Crippen molar-refractivity contribution >= 4 is 17.6 Å². The molecule has 0 radical (unpaired) electrons. The highest BCUT2D eigenvalue weighted by atomic mass is 35.5. The van der Waals surface area contributed by atoms with Gasteiger partial charge in [-0.3, -0.25) is 0 Å². The van der Waals surface area contributed by atoms with E-state index in [2.05, 4.69) is 28.4 Å². The number of benzene rings is 2. The van der Waals surface area contributed by atoms with Gasteiger partial charge in [0.1, 0.15) is 5.75 Å². The molecule has 0 bridgehead atoms. The van der Waals surface area contributed by atoms with Gasteiger partial charge in [0.2, 0.25) is 0 Å². The molecule has 2 aliphatic rings. The second-order valence-electron chi connectivity index (χ2n) is 8.65. The van der Waals surface area contributed by atoms with Gasteiger partial charge in [-0.15, -0.1) is 0 Å². The maximum absolute atomic E-state index is 12.4. The van der Waals surface area contributed by atoms with E-state index in [9.17, 15) is 4.79 Å². The molecule has 1 atom stereocenters. The molecule has 166 valence electrons. The summed E-state index contributed by atoms with van der Waals surface area (Å²) in [5, 5.41) is 3.99. The highest BCUT2D eigenvalue weighted by Gasteiger charge is 2.31. The predicted octanol–water partition coefficient (Wildman–Crippen LogP) is 4.59. The number of urea groups is 1. The average Bonchev–Trinajstić information content (AvgIpc) is 3.11. The molecule has 2 aromatic carbocycles. The lowest BCUT2D eigenvalue weighted by Crippen LogP contribution is -2.43. The van der Waals surface area contributed by atoms with Crippen molar-refractivity contribution in [2.45, 2.75) is 38.8 Å². The van der Waals surface area contributed by atoms with E-state index in [4.69, 9.17) is 16.3 Å². The second kappa shape index (κ2) is 10.4. The molecule has 31 heavy (non-hydrogen) atoms. The van der Waals surface area contributed by atoms with Gasteiger partial charge in [0.15, 0.2) is 0 Å². The lowest BCUT2D eigenvalue weighted by atomic mass is 9.90. The molecule has 4 rings (SSSR count). The summed E-state index contributed by atoms with van der Waals surface area (Å²) in [5.74, 6) is 1.54. The van der Waals surface area contributed by atoms with Gasteiger partial charge in [0.25, 0.3) is 0 Å². The largest absolute Gasteiger partial charge is 0.494 e. The smallest absolute Gasteiger partial charge is 0.318 e. The van der Waals surface area contributed by atoms with Crippen LogP contribution in [-0.2, 0) is 13.0 Å². The first kappa shape index (κ1) is 22.0. The van der Waals surface area contributed by atoms with E-state index in [1.54, 1.807) is 0 Å². The van der Waals surface area contributed by atoms with Crippen LogP contribution in [0.15, 0.2) is 48.5 Å². The second-order valence-corrected chi connectivity index (χ2v) is 9.05. The third kappa shape index (κ3) is 5.92. The van der Waals surface area contributed by atoms with Gasteiger partial charge < -0.3 is 19.9 Å². The van der Waals surface area contributed by atoms with Crippen molar-refractivity contribution in [3.05, 3.63) is 64.7 Å². The van der Waals surface area contributed by atoms with E-state index >= 15 is 0 Å². The van der Waals surface area contributed by atoms with Gasteiger partial charge in [-0.25, -0.2) is 4.79 Å². The number of amides is 2. The standard InChI is InChI=1S/C25H32ClN3O2/c1-2-31-23-8-9-24(26)21(15-23)14-19-10-12-28(13-11-19)17-22-18-29(25(30)27-22)16-20-6-4-3-5-7-20/h3-9,15,19,22H,2,10-14,16-18H2,1H3,(H,27,30). The lowest BCUT2D eigenvalue weighted by molar-refractivity contribution is 0.171. The minimum Gasteiger partial charge on any atom is -0.494 e. The number of hydrogen-bond donors (Lipinski definition) is 1. The van der Waals surface area contributed by atoms with Gasteiger partial charge in [-0.05, 0) is 74.5 Å². The minimum absolute atomic E-state index is 0.0487. The first-order valence-electron chi connectivity index (χ1n) is 11.3. The SMILES string of the molecule is CCOc1ccc(Cl)c(CC2CCN(CC3CN(Cc4ccccc4)C(=O)N3)CC2)c1. The summed E-state index contributed by atoms with van der Waals surface area (Å²) < 4.78 is 5.63. The number of nitrogens with one attached hydrogen (secondary N) is 1. The van der Waals surface area contributed by atoms with Crippen LogP contribution in [0, 0.1) is 5.92 Å². The van der Waals surface area contributed by atoms with Gasteiger partial charge in [-0.2, -0.15) is 0 Å². The van der Waals surface area contributed by atoms with E-state index in [1.807, 2.05) is 42.2 Å². The van der Waals surface area contributed by atoms with Gasteiger partial charge >= 0.3 is 6.03 Å². The number of ether oxygens (including phenoxy) is 1. The van der Waals surface area contributed by atoms with Crippen LogP contribution >= 0.6 is 11.6 Å². The van der Waals surface area contributed by atoms with E-state index < -0.39 is 0 Å². The molecule has 0 spiro atoms. The molecule has 2 heterocycles. The van der Waals surface area contributed by atoms with Crippen LogP contribution in [0.3, 0.4) is 0 Å². The Labute approximate surface area is 190 Å². The molecule has 0 saturated carbocycles. The van der Waals surface area contributed by atoms with Crippen molar-refractivity contribution in [2.24, 2.45) is 5.92 Å². The number of carbonyl (C=O) groups excluding carboxylic acids is 1. The average molecular weight is 442 g/mol. The van der Waals surface area contributed by atoms with E-state index in [0.717, 1.165) is 56.2 Å². The van der Waals surface area contributed by atoms with Crippen molar-refractivity contribution in [3.8, 4) is 5.75 Å². The van der Waals surface area contributed by atoms with Gasteiger partial charge in [0.05, 0.1) is 12.6 Å². The molecule has 2 aliphatic heterocycles. The Kier molecular flexibility index (Phi) is 7.36. The number of piperidine rings is 1.